The first-order chi connectivity index (χ1) is 21.2. The van der Waals surface area contributed by atoms with E-state index in [1.165, 1.54) is 0 Å². The summed E-state index contributed by atoms with van der Waals surface area (Å²) in [5, 5.41) is 85.9. The molecular formula is C29H55NO14. The quantitative estimate of drug-likeness (QED) is 0.0727. The van der Waals surface area contributed by atoms with E-state index in [1.807, 2.05) is 6.92 Å². The highest BCUT2D eigenvalue weighted by atomic mass is 16.8. The van der Waals surface area contributed by atoms with Crippen LogP contribution in [0.3, 0.4) is 0 Å². The Kier molecular flexibility index (Phi) is 16.6. The van der Waals surface area contributed by atoms with E-state index >= 15 is 0 Å². The summed E-state index contributed by atoms with van der Waals surface area (Å²) in [6, 6.07) is -0.963. The molecule has 3 saturated heterocycles. The van der Waals surface area contributed by atoms with E-state index in [-0.39, 0.29) is 13.0 Å². The number of aliphatic hydroxyl groups is 8. The Morgan fingerprint density at radius 2 is 1.27 bits per heavy atom. The Morgan fingerprint density at radius 3 is 1.93 bits per heavy atom. The second-order valence-corrected chi connectivity index (χ2v) is 11.8. The monoisotopic (exact) mass is 641 g/mol. The van der Waals surface area contributed by atoms with Gasteiger partial charge in [-0.15, -0.1) is 0 Å². The molecule has 15 nitrogen and oxygen atoms in total. The molecule has 3 fully saturated rings. The molecule has 3 rings (SSSR count). The Bertz CT molecular complexity index is 784. The van der Waals surface area contributed by atoms with Crippen molar-refractivity contribution in [1.29, 1.82) is 0 Å². The third kappa shape index (κ3) is 9.95. The van der Waals surface area contributed by atoms with Gasteiger partial charge in [0, 0.05) is 13.0 Å². The van der Waals surface area contributed by atoms with Gasteiger partial charge in [-0.2, -0.15) is 0 Å². The first-order valence-corrected chi connectivity index (χ1v) is 16.1. The number of aliphatic hydroxyl groups excluding tert-OH is 8. The van der Waals surface area contributed by atoms with Crippen LogP contribution in [0.15, 0.2) is 0 Å². The fourth-order valence-corrected chi connectivity index (χ4v) is 5.78. The fourth-order valence-electron chi connectivity index (χ4n) is 5.78. The van der Waals surface area contributed by atoms with Gasteiger partial charge in [0.25, 0.3) is 0 Å². The number of nitrogens with one attached hydrogen (secondary N) is 1. The molecule has 14 atom stereocenters. The molecule has 0 aromatic carbocycles. The molecule has 0 aliphatic carbocycles. The summed E-state index contributed by atoms with van der Waals surface area (Å²) in [6.07, 6.45) is -9.73. The van der Waals surface area contributed by atoms with E-state index in [1.54, 1.807) is 0 Å². The highest BCUT2D eigenvalue weighted by molar-refractivity contribution is 4.97. The van der Waals surface area contributed by atoms with E-state index in [0.717, 1.165) is 38.5 Å². The molecule has 44 heavy (non-hydrogen) atoms. The smallest absolute Gasteiger partial charge is 0.187 e. The predicted molar refractivity (Wildman–Crippen MR) is 153 cm³/mol. The zero-order chi connectivity index (χ0) is 32.2. The van der Waals surface area contributed by atoms with Gasteiger partial charge in [0.05, 0.1) is 32.0 Å². The van der Waals surface area contributed by atoms with E-state index in [9.17, 15) is 40.9 Å². The molecule has 3 aliphatic rings. The second-order valence-electron chi connectivity index (χ2n) is 11.8. The summed E-state index contributed by atoms with van der Waals surface area (Å²) in [6.45, 7) is 3.03. The minimum atomic E-state index is -1.54. The van der Waals surface area contributed by atoms with Gasteiger partial charge < -0.3 is 74.6 Å². The van der Waals surface area contributed by atoms with Crippen molar-refractivity contribution in [2.24, 2.45) is 0 Å². The van der Waals surface area contributed by atoms with Crippen LogP contribution in [0.25, 0.3) is 0 Å². The summed E-state index contributed by atoms with van der Waals surface area (Å²) < 4.78 is 35.4. The van der Waals surface area contributed by atoms with Crippen LogP contribution >= 0.6 is 0 Å². The molecular weight excluding hydrogens is 586 g/mol. The lowest BCUT2D eigenvalue weighted by Gasteiger charge is -2.49. The average Bonchev–Trinajstić information content (AvgIpc) is 3.02. The molecule has 0 amide bonds. The number of unbranched alkanes of at least 4 members (excludes halogenated alkanes) is 5. The average molecular weight is 642 g/mol. The van der Waals surface area contributed by atoms with E-state index in [2.05, 4.69) is 12.2 Å². The number of rotatable bonds is 18. The van der Waals surface area contributed by atoms with Gasteiger partial charge in [-0.25, -0.2) is 0 Å². The summed E-state index contributed by atoms with van der Waals surface area (Å²) in [7, 11) is 0. The van der Waals surface area contributed by atoms with Gasteiger partial charge in [-0.1, -0.05) is 46.0 Å². The maximum absolute atomic E-state index is 11.5. The van der Waals surface area contributed by atoms with Crippen molar-refractivity contribution in [2.75, 3.05) is 33.0 Å². The van der Waals surface area contributed by atoms with E-state index in [0.29, 0.717) is 13.0 Å². The molecule has 0 bridgehead atoms. The van der Waals surface area contributed by atoms with Crippen LogP contribution in [0, 0.1) is 0 Å². The van der Waals surface area contributed by atoms with Crippen LogP contribution in [-0.4, -0.2) is 160 Å². The molecule has 0 spiro atoms. The van der Waals surface area contributed by atoms with E-state index < -0.39 is 106 Å². The van der Waals surface area contributed by atoms with Gasteiger partial charge in [0.2, 0.25) is 0 Å². The first kappa shape index (κ1) is 37.9. The first-order valence-electron chi connectivity index (χ1n) is 16.1. The summed E-state index contributed by atoms with van der Waals surface area (Å²) >= 11 is 0. The van der Waals surface area contributed by atoms with Crippen molar-refractivity contribution in [3.8, 4) is 0 Å². The SMILES string of the molecule is CCCCCCCCO[C@H]1O[C@H](CO)[C@@H](O)[C@H](O)[C@@H]1O[C@@H]1O[C@H](CO)[C@@H](O[C@H]2C[C@@H](O)[C@@H](O)[C@@H](CO)O2)[C@H](O)[C@H]1NCCC. The van der Waals surface area contributed by atoms with Crippen molar-refractivity contribution < 1.29 is 69.3 Å². The minimum absolute atomic E-state index is 0.154. The van der Waals surface area contributed by atoms with Crippen molar-refractivity contribution in [3.63, 3.8) is 0 Å². The molecule has 260 valence electrons. The molecule has 3 heterocycles. The molecule has 9 N–H and O–H groups in total. The van der Waals surface area contributed by atoms with Gasteiger partial charge in [-0.3, -0.25) is 0 Å². The van der Waals surface area contributed by atoms with Gasteiger partial charge in [0.1, 0.15) is 54.9 Å². The Balaban J connectivity index is 1.74. The lowest BCUT2D eigenvalue weighted by atomic mass is 9.95. The predicted octanol–water partition coefficient (Wildman–Crippen LogP) is -2.15. The number of hydrogen-bond acceptors (Lipinski definition) is 15. The Labute approximate surface area is 259 Å². The third-order valence-electron chi connectivity index (χ3n) is 8.40. The molecule has 0 saturated carbocycles. The normalized spacial score (nSPS) is 41.6. The van der Waals surface area contributed by atoms with Crippen molar-refractivity contribution >= 4 is 0 Å². The molecule has 0 aromatic rings. The van der Waals surface area contributed by atoms with Crippen LogP contribution in [0.2, 0.25) is 0 Å². The second kappa shape index (κ2) is 19.3. The topological polar surface area (TPSA) is 229 Å². The highest BCUT2D eigenvalue weighted by Gasteiger charge is 2.52. The highest BCUT2D eigenvalue weighted by Crippen LogP contribution is 2.32. The largest absolute Gasteiger partial charge is 0.394 e. The van der Waals surface area contributed by atoms with E-state index in [4.69, 9.17) is 28.4 Å². The van der Waals surface area contributed by atoms with Crippen LogP contribution < -0.4 is 5.32 Å². The molecule has 0 radical (unpaired) electrons. The fraction of sp³-hybridized carbons (Fsp3) is 1.00. The summed E-state index contributed by atoms with van der Waals surface area (Å²) in [5.41, 5.74) is 0. The van der Waals surface area contributed by atoms with Crippen LogP contribution in [0.4, 0.5) is 0 Å². The molecule has 15 heteroatoms. The van der Waals surface area contributed by atoms with Crippen LogP contribution in [0.1, 0.15) is 65.2 Å². The van der Waals surface area contributed by atoms with Crippen molar-refractivity contribution in [3.05, 3.63) is 0 Å². The third-order valence-corrected chi connectivity index (χ3v) is 8.40. The summed E-state index contributed by atoms with van der Waals surface area (Å²) in [5.74, 6) is 0. The van der Waals surface area contributed by atoms with Crippen molar-refractivity contribution in [2.45, 2.75) is 151 Å². The number of hydrogen-bond donors (Lipinski definition) is 9. The zero-order valence-electron chi connectivity index (χ0n) is 25.8. The molecule has 0 unspecified atom stereocenters. The lowest BCUT2D eigenvalue weighted by molar-refractivity contribution is -0.366. The van der Waals surface area contributed by atoms with Crippen LogP contribution in [-0.2, 0) is 28.4 Å². The Hall–Kier alpha value is -0.600. The van der Waals surface area contributed by atoms with Crippen molar-refractivity contribution in [1.82, 2.24) is 5.32 Å². The maximum Gasteiger partial charge on any atom is 0.187 e. The van der Waals surface area contributed by atoms with Gasteiger partial charge in [-0.05, 0) is 19.4 Å². The zero-order valence-corrected chi connectivity index (χ0v) is 25.8. The Morgan fingerprint density at radius 1 is 0.636 bits per heavy atom. The summed E-state index contributed by atoms with van der Waals surface area (Å²) in [4.78, 5) is 0. The number of ether oxygens (including phenoxy) is 6. The standard InChI is InChI=1S/C29H55NO14/c1-3-5-6-7-8-9-11-39-29-27(25(38)23(36)18(14-32)41-29)44-28-21(30-10-4-2)24(37)26(19(15-33)42-28)43-20-12-16(34)22(35)17(13-31)40-20/h16-38H,3-15H2,1-2H3/t16-,17-,18-,19-,20+,21-,22-,23-,24-,25+,26-,27+,28+,29+/m1/s1. The van der Waals surface area contributed by atoms with Crippen LogP contribution in [0.5, 0.6) is 0 Å². The van der Waals surface area contributed by atoms with Gasteiger partial charge in [0.15, 0.2) is 18.9 Å². The van der Waals surface area contributed by atoms with Gasteiger partial charge >= 0.3 is 0 Å². The lowest BCUT2D eigenvalue weighted by Crippen LogP contribution is -2.68. The minimum Gasteiger partial charge on any atom is -0.394 e. The maximum atomic E-state index is 11.5. The molecule has 3 aliphatic heterocycles. The molecule has 0 aromatic heterocycles.